The molecule has 4 heteroatoms. The Morgan fingerprint density at radius 2 is 1.62 bits per heavy atom. The summed E-state index contributed by atoms with van der Waals surface area (Å²) in [6.45, 7) is 0. The van der Waals surface area contributed by atoms with Crippen molar-refractivity contribution in [1.82, 2.24) is 10.2 Å². The molecule has 2 saturated heterocycles. The molecule has 3 fully saturated rings. The largest absolute Gasteiger partial charge is 0.496 e. The van der Waals surface area contributed by atoms with E-state index < -0.39 is 0 Å². The van der Waals surface area contributed by atoms with Crippen molar-refractivity contribution in [3.05, 3.63) is 29.8 Å². The molecule has 1 aromatic rings. The number of nitrogens with zero attached hydrogens (tertiary/aromatic N) is 1. The molecule has 3 atom stereocenters. The first-order chi connectivity index (χ1) is 12.8. The molecular formula is C22H32N2O2. The van der Waals surface area contributed by atoms with Crippen molar-refractivity contribution >= 4 is 5.91 Å². The highest BCUT2D eigenvalue weighted by atomic mass is 16.5. The van der Waals surface area contributed by atoms with Gasteiger partial charge >= 0.3 is 0 Å². The Hall–Kier alpha value is -1.55. The second-order valence-electron chi connectivity index (χ2n) is 8.32. The van der Waals surface area contributed by atoms with Crippen molar-refractivity contribution in [3.8, 4) is 5.75 Å². The van der Waals surface area contributed by atoms with Gasteiger partial charge in [0.2, 0.25) is 0 Å². The maximum atomic E-state index is 12.8. The number of rotatable bonds is 4. The maximum Gasteiger partial charge on any atom is 0.255 e. The van der Waals surface area contributed by atoms with Crippen LogP contribution in [0.25, 0.3) is 0 Å². The lowest BCUT2D eigenvalue weighted by Gasteiger charge is -2.53. The molecule has 2 heterocycles. The van der Waals surface area contributed by atoms with E-state index in [1.54, 1.807) is 7.11 Å². The average Bonchev–Trinajstić information content (AvgIpc) is 2.68. The summed E-state index contributed by atoms with van der Waals surface area (Å²) < 4.78 is 5.36. The van der Waals surface area contributed by atoms with Gasteiger partial charge in [-0.2, -0.15) is 0 Å². The Morgan fingerprint density at radius 3 is 2.31 bits per heavy atom. The number of hydrogen-bond acceptors (Lipinski definition) is 3. The third kappa shape index (κ3) is 3.62. The number of amides is 1. The smallest absolute Gasteiger partial charge is 0.255 e. The lowest BCUT2D eigenvalue weighted by Crippen LogP contribution is -2.60. The van der Waals surface area contributed by atoms with E-state index in [9.17, 15) is 4.79 Å². The molecule has 0 radical (unpaired) electrons. The Morgan fingerprint density at radius 1 is 0.962 bits per heavy atom. The Bertz CT molecular complexity index is 612. The lowest BCUT2D eigenvalue weighted by atomic mass is 9.78. The Kier molecular flexibility index (Phi) is 5.49. The normalized spacial score (nSPS) is 30.0. The van der Waals surface area contributed by atoms with Gasteiger partial charge in [-0.15, -0.1) is 0 Å². The fraction of sp³-hybridized carbons (Fsp3) is 0.682. The quantitative estimate of drug-likeness (QED) is 0.881. The van der Waals surface area contributed by atoms with Crippen LogP contribution in [0.3, 0.4) is 0 Å². The second-order valence-corrected chi connectivity index (χ2v) is 8.32. The van der Waals surface area contributed by atoms with Crippen LogP contribution in [0.1, 0.15) is 74.6 Å². The summed E-state index contributed by atoms with van der Waals surface area (Å²) in [5.41, 5.74) is 0.648. The second kappa shape index (κ2) is 7.99. The van der Waals surface area contributed by atoms with Crippen LogP contribution in [0.5, 0.6) is 5.75 Å². The molecule has 1 amide bonds. The zero-order chi connectivity index (χ0) is 17.9. The van der Waals surface area contributed by atoms with E-state index >= 15 is 0 Å². The predicted octanol–water partition coefficient (Wildman–Crippen LogP) is 4.14. The van der Waals surface area contributed by atoms with Crippen molar-refractivity contribution in [3.63, 3.8) is 0 Å². The van der Waals surface area contributed by atoms with Crippen molar-refractivity contribution in [2.24, 2.45) is 0 Å². The van der Waals surface area contributed by atoms with Crippen LogP contribution < -0.4 is 10.1 Å². The van der Waals surface area contributed by atoms with Gasteiger partial charge < -0.3 is 10.1 Å². The lowest BCUT2D eigenvalue weighted by molar-refractivity contribution is -0.0212. The van der Waals surface area contributed by atoms with Crippen LogP contribution in [-0.4, -0.2) is 42.1 Å². The summed E-state index contributed by atoms with van der Waals surface area (Å²) in [6.07, 6.45) is 13.1. The molecular weight excluding hydrogens is 324 g/mol. The number of benzene rings is 1. The molecule has 1 aliphatic carbocycles. The first-order valence-electron chi connectivity index (χ1n) is 10.5. The highest BCUT2D eigenvalue weighted by Gasteiger charge is 2.42. The summed E-state index contributed by atoms with van der Waals surface area (Å²) in [6, 6.07) is 9.93. The number of carbonyl (C=O) groups is 1. The minimum Gasteiger partial charge on any atom is -0.496 e. The van der Waals surface area contributed by atoms with Crippen LogP contribution in [0, 0.1) is 0 Å². The number of ether oxygens (including phenoxy) is 1. The maximum absolute atomic E-state index is 12.8. The van der Waals surface area contributed by atoms with Crippen LogP contribution in [0.2, 0.25) is 0 Å². The molecule has 142 valence electrons. The van der Waals surface area contributed by atoms with Crippen molar-refractivity contribution in [1.29, 1.82) is 0 Å². The van der Waals surface area contributed by atoms with Gasteiger partial charge in [-0.25, -0.2) is 0 Å². The van der Waals surface area contributed by atoms with Gasteiger partial charge in [-0.05, 0) is 50.7 Å². The fourth-order valence-electron chi connectivity index (χ4n) is 5.61. The van der Waals surface area contributed by atoms with Gasteiger partial charge in [0.25, 0.3) is 5.91 Å². The molecule has 4 nitrogen and oxygen atoms in total. The highest BCUT2D eigenvalue weighted by molar-refractivity contribution is 5.97. The van der Waals surface area contributed by atoms with E-state index in [0.29, 0.717) is 29.4 Å². The van der Waals surface area contributed by atoms with Crippen molar-refractivity contribution < 1.29 is 9.53 Å². The minimum atomic E-state index is 0.0108. The first kappa shape index (κ1) is 17.8. The van der Waals surface area contributed by atoms with Gasteiger partial charge in [0.1, 0.15) is 5.75 Å². The van der Waals surface area contributed by atoms with Crippen LogP contribution >= 0.6 is 0 Å². The summed E-state index contributed by atoms with van der Waals surface area (Å²) in [7, 11) is 1.62. The van der Waals surface area contributed by atoms with Crippen LogP contribution in [0.15, 0.2) is 24.3 Å². The average molecular weight is 357 g/mol. The zero-order valence-corrected chi connectivity index (χ0v) is 16.0. The Balaban J connectivity index is 1.43. The minimum absolute atomic E-state index is 0.0108. The highest BCUT2D eigenvalue weighted by Crippen LogP contribution is 2.39. The Labute approximate surface area is 157 Å². The number of piperidine rings is 2. The standard InChI is InChI=1S/C22H32N2O2/c1-26-21-13-6-5-12-20(21)22(25)23-16-14-18-10-7-11-19(15-16)24(18)17-8-3-2-4-9-17/h5-6,12-13,16-19H,2-4,7-11,14-15H2,1H3,(H,23,25)/t16?,18-,19+. The van der Waals surface area contributed by atoms with Crippen LogP contribution in [-0.2, 0) is 0 Å². The van der Waals surface area contributed by atoms with Gasteiger partial charge in [-0.1, -0.05) is 37.8 Å². The van der Waals surface area contributed by atoms with Gasteiger partial charge in [0.15, 0.2) is 0 Å². The summed E-state index contributed by atoms with van der Waals surface area (Å²) in [4.78, 5) is 15.7. The molecule has 26 heavy (non-hydrogen) atoms. The predicted molar refractivity (Wildman–Crippen MR) is 104 cm³/mol. The van der Waals surface area contributed by atoms with Gasteiger partial charge in [0, 0.05) is 24.2 Å². The third-order valence-corrected chi connectivity index (χ3v) is 6.71. The summed E-state index contributed by atoms with van der Waals surface area (Å²) in [5.74, 6) is 0.668. The molecule has 1 N–H and O–H groups in total. The molecule has 2 bridgehead atoms. The summed E-state index contributed by atoms with van der Waals surface area (Å²) >= 11 is 0. The molecule has 1 aromatic carbocycles. The van der Waals surface area contributed by atoms with Crippen molar-refractivity contribution in [2.45, 2.75) is 88.4 Å². The van der Waals surface area contributed by atoms with E-state index in [1.165, 1.54) is 51.4 Å². The SMILES string of the molecule is COc1ccccc1C(=O)NC1C[C@H]2CCC[C@@H](C1)N2C1CCCCC1. The van der Waals surface area contributed by atoms with E-state index in [1.807, 2.05) is 24.3 Å². The topological polar surface area (TPSA) is 41.6 Å². The van der Waals surface area contributed by atoms with Crippen molar-refractivity contribution in [2.75, 3.05) is 7.11 Å². The summed E-state index contributed by atoms with van der Waals surface area (Å²) in [5, 5.41) is 3.32. The molecule has 4 rings (SSSR count). The first-order valence-corrected chi connectivity index (χ1v) is 10.5. The molecule has 0 spiro atoms. The molecule has 0 aromatic heterocycles. The molecule has 1 saturated carbocycles. The third-order valence-electron chi connectivity index (χ3n) is 6.71. The number of methoxy groups -OCH3 is 1. The molecule has 2 aliphatic heterocycles. The van der Waals surface area contributed by atoms with Gasteiger partial charge in [-0.3, -0.25) is 9.69 Å². The molecule has 3 aliphatic rings. The van der Waals surface area contributed by atoms with Crippen LogP contribution in [0.4, 0.5) is 0 Å². The fourth-order valence-corrected chi connectivity index (χ4v) is 5.61. The van der Waals surface area contributed by atoms with E-state index in [2.05, 4.69) is 10.2 Å². The van der Waals surface area contributed by atoms with E-state index in [4.69, 9.17) is 4.74 Å². The number of carbonyl (C=O) groups excluding carboxylic acids is 1. The van der Waals surface area contributed by atoms with Gasteiger partial charge in [0.05, 0.1) is 12.7 Å². The number of hydrogen-bond donors (Lipinski definition) is 1. The monoisotopic (exact) mass is 356 g/mol. The van der Waals surface area contributed by atoms with E-state index in [0.717, 1.165) is 18.9 Å². The number of nitrogens with one attached hydrogen (secondary N) is 1. The van der Waals surface area contributed by atoms with E-state index in [-0.39, 0.29) is 5.91 Å². The molecule has 1 unspecified atom stereocenters. The zero-order valence-electron chi connectivity index (χ0n) is 16.0. The number of para-hydroxylation sites is 1. The number of fused-ring (bicyclic) bond motifs is 2.